The average molecular weight is 466 g/mol. The first-order valence-corrected chi connectivity index (χ1v) is 11.2. The van der Waals surface area contributed by atoms with E-state index in [2.05, 4.69) is 18.7 Å². The number of carbonyl (C=O) groups is 1. The Bertz CT molecular complexity index is 798. The SMILES string of the molecule is CCN(CC)CCC(=O)N1CCC(N)C(C(c2ccc(F)cc2)c2ccc(F)cc2)C1.Cl. The summed E-state index contributed by atoms with van der Waals surface area (Å²) < 4.78 is 27.1. The van der Waals surface area contributed by atoms with Gasteiger partial charge in [-0.3, -0.25) is 4.79 Å². The highest BCUT2D eigenvalue weighted by molar-refractivity contribution is 5.85. The van der Waals surface area contributed by atoms with Crippen molar-refractivity contribution in [2.45, 2.75) is 38.6 Å². The fourth-order valence-corrected chi connectivity index (χ4v) is 4.56. The highest BCUT2D eigenvalue weighted by Crippen LogP contribution is 2.37. The van der Waals surface area contributed by atoms with Gasteiger partial charge in [-0.15, -0.1) is 12.4 Å². The number of hydrogen-bond acceptors (Lipinski definition) is 3. The van der Waals surface area contributed by atoms with Gasteiger partial charge in [-0.25, -0.2) is 8.78 Å². The summed E-state index contributed by atoms with van der Waals surface area (Å²) in [7, 11) is 0. The summed E-state index contributed by atoms with van der Waals surface area (Å²) in [5.41, 5.74) is 8.39. The molecule has 1 aliphatic heterocycles. The van der Waals surface area contributed by atoms with Gasteiger partial charge in [-0.05, 0) is 54.9 Å². The zero-order valence-corrected chi connectivity index (χ0v) is 19.7. The highest BCUT2D eigenvalue weighted by Gasteiger charge is 2.36. The van der Waals surface area contributed by atoms with Crippen molar-refractivity contribution in [1.29, 1.82) is 0 Å². The molecule has 4 nitrogen and oxygen atoms in total. The third kappa shape index (κ3) is 6.50. The minimum Gasteiger partial charge on any atom is -0.342 e. The third-order valence-electron chi connectivity index (χ3n) is 6.49. The molecule has 2 N–H and O–H groups in total. The average Bonchev–Trinajstić information content (AvgIpc) is 2.78. The van der Waals surface area contributed by atoms with Crippen LogP contribution in [0, 0.1) is 17.6 Å². The molecule has 1 fully saturated rings. The Labute approximate surface area is 196 Å². The van der Waals surface area contributed by atoms with Crippen molar-refractivity contribution in [3.63, 3.8) is 0 Å². The molecule has 0 radical (unpaired) electrons. The van der Waals surface area contributed by atoms with Crippen molar-refractivity contribution in [3.8, 4) is 0 Å². The van der Waals surface area contributed by atoms with Gasteiger partial charge in [0.1, 0.15) is 11.6 Å². The highest BCUT2D eigenvalue weighted by atomic mass is 35.5. The number of piperidine rings is 1. The van der Waals surface area contributed by atoms with Gasteiger partial charge in [0.05, 0.1) is 0 Å². The number of nitrogens with zero attached hydrogens (tertiary/aromatic N) is 2. The molecule has 1 heterocycles. The lowest BCUT2D eigenvalue weighted by Crippen LogP contribution is -2.51. The molecule has 0 bridgehead atoms. The summed E-state index contributed by atoms with van der Waals surface area (Å²) in [5, 5.41) is 0. The smallest absolute Gasteiger partial charge is 0.223 e. The van der Waals surface area contributed by atoms with Crippen LogP contribution in [0.15, 0.2) is 48.5 Å². The summed E-state index contributed by atoms with van der Waals surface area (Å²) in [6, 6.07) is 12.7. The fraction of sp³-hybridized carbons (Fsp3) is 0.480. The largest absolute Gasteiger partial charge is 0.342 e. The molecule has 2 unspecified atom stereocenters. The van der Waals surface area contributed by atoms with E-state index in [4.69, 9.17) is 5.73 Å². The Morgan fingerprint density at radius 1 is 1.03 bits per heavy atom. The summed E-state index contributed by atoms with van der Waals surface area (Å²) in [6.07, 6.45) is 1.20. The second-order valence-electron chi connectivity index (χ2n) is 8.31. The molecule has 0 spiro atoms. The van der Waals surface area contributed by atoms with Gasteiger partial charge in [0.2, 0.25) is 5.91 Å². The monoisotopic (exact) mass is 465 g/mol. The molecule has 0 saturated carbocycles. The molecule has 1 aliphatic rings. The van der Waals surface area contributed by atoms with Gasteiger partial charge < -0.3 is 15.5 Å². The molecule has 7 heteroatoms. The number of halogens is 3. The number of benzene rings is 2. The van der Waals surface area contributed by atoms with Crippen LogP contribution >= 0.6 is 12.4 Å². The number of rotatable bonds is 8. The predicted molar refractivity (Wildman–Crippen MR) is 127 cm³/mol. The van der Waals surface area contributed by atoms with E-state index in [0.717, 1.165) is 30.8 Å². The van der Waals surface area contributed by atoms with Crippen LogP contribution in [0.25, 0.3) is 0 Å². The molecule has 1 saturated heterocycles. The van der Waals surface area contributed by atoms with E-state index in [1.165, 1.54) is 24.3 Å². The van der Waals surface area contributed by atoms with Crippen molar-refractivity contribution in [2.24, 2.45) is 11.7 Å². The zero-order chi connectivity index (χ0) is 22.4. The topological polar surface area (TPSA) is 49.6 Å². The maximum Gasteiger partial charge on any atom is 0.223 e. The second-order valence-corrected chi connectivity index (χ2v) is 8.31. The molecule has 32 heavy (non-hydrogen) atoms. The molecule has 2 aromatic carbocycles. The number of likely N-dealkylation sites (tertiary alicyclic amines) is 1. The van der Waals surface area contributed by atoms with E-state index in [0.29, 0.717) is 25.9 Å². The molecule has 176 valence electrons. The summed E-state index contributed by atoms with van der Waals surface area (Å²) >= 11 is 0. The van der Waals surface area contributed by atoms with E-state index in [1.807, 2.05) is 4.90 Å². The van der Waals surface area contributed by atoms with Crippen molar-refractivity contribution in [3.05, 3.63) is 71.3 Å². The standard InChI is InChI=1S/C25H33F2N3O.ClH/c1-3-29(4-2)15-14-24(31)30-16-13-23(28)22(17-30)25(18-5-9-20(26)10-6-18)19-7-11-21(27)12-8-19;/h5-12,22-23,25H,3-4,13-17,28H2,1-2H3;1H. The molecule has 0 aliphatic carbocycles. The Morgan fingerprint density at radius 2 is 1.53 bits per heavy atom. The van der Waals surface area contributed by atoms with E-state index in [1.54, 1.807) is 24.3 Å². The van der Waals surface area contributed by atoms with Crippen LogP contribution in [0.2, 0.25) is 0 Å². The van der Waals surface area contributed by atoms with Gasteiger partial charge in [0, 0.05) is 43.9 Å². The molecular weight excluding hydrogens is 432 g/mol. The van der Waals surface area contributed by atoms with Crippen LogP contribution in [0.4, 0.5) is 8.78 Å². The lowest BCUT2D eigenvalue weighted by atomic mass is 9.74. The van der Waals surface area contributed by atoms with E-state index in [-0.39, 0.29) is 47.8 Å². The molecule has 0 aromatic heterocycles. The van der Waals surface area contributed by atoms with Crippen LogP contribution in [-0.4, -0.2) is 54.5 Å². The van der Waals surface area contributed by atoms with Gasteiger partial charge in [-0.2, -0.15) is 0 Å². The van der Waals surface area contributed by atoms with Crippen LogP contribution in [0.1, 0.15) is 43.7 Å². The van der Waals surface area contributed by atoms with Crippen molar-refractivity contribution >= 4 is 18.3 Å². The van der Waals surface area contributed by atoms with Gasteiger partial charge in [-0.1, -0.05) is 38.1 Å². The molecule has 2 atom stereocenters. The van der Waals surface area contributed by atoms with Gasteiger partial charge in [0.15, 0.2) is 0 Å². The Balaban J connectivity index is 0.00000363. The first kappa shape index (κ1) is 26.2. The lowest BCUT2D eigenvalue weighted by Gasteiger charge is -2.41. The maximum absolute atomic E-state index is 13.6. The van der Waals surface area contributed by atoms with Crippen molar-refractivity contribution < 1.29 is 13.6 Å². The van der Waals surface area contributed by atoms with E-state index in [9.17, 15) is 13.6 Å². The van der Waals surface area contributed by atoms with Gasteiger partial charge >= 0.3 is 0 Å². The fourth-order valence-electron chi connectivity index (χ4n) is 4.56. The second kappa shape index (κ2) is 12.3. The van der Waals surface area contributed by atoms with E-state index < -0.39 is 0 Å². The number of nitrogens with two attached hydrogens (primary N) is 1. The summed E-state index contributed by atoms with van der Waals surface area (Å²) in [6.45, 7) is 7.98. The van der Waals surface area contributed by atoms with Crippen molar-refractivity contribution in [1.82, 2.24) is 9.80 Å². The molecule has 2 aromatic rings. The lowest BCUT2D eigenvalue weighted by molar-refractivity contribution is -0.133. The third-order valence-corrected chi connectivity index (χ3v) is 6.49. The Kier molecular flexibility index (Phi) is 10.1. The van der Waals surface area contributed by atoms with Crippen molar-refractivity contribution in [2.75, 3.05) is 32.7 Å². The zero-order valence-electron chi connectivity index (χ0n) is 18.8. The number of carbonyl (C=O) groups excluding carboxylic acids is 1. The Morgan fingerprint density at radius 3 is 2.00 bits per heavy atom. The maximum atomic E-state index is 13.6. The first-order chi connectivity index (χ1) is 14.9. The number of hydrogen-bond donors (Lipinski definition) is 1. The molecule has 1 amide bonds. The molecule has 3 rings (SSSR count). The summed E-state index contributed by atoms with van der Waals surface area (Å²) in [5.74, 6) is -0.650. The molecular formula is C25H34ClF2N3O. The van der Waals surface area contributed by atoms with Crippen LogP contribution < -0.4 is 5.73 Å². The first-order valence-electron chi connectivity index (χ1n) is 11.2. The van der Waals surface area contributed by atoms with Crippen LogP contribution in [-0.2, 0) is 4.79 Å². The quantitative estimate of drug-likeness (QED) is 0.627. The summed E-state index contributed by atoms with van der Waals surface area (Å²) in [4.78, 5) is 17.1. The predicted octanol–water partition coefficient (Wildman–Crippen LogP) is 4.43. The minimum atomic E-state index is -0.303. The Hall–Kier alpha value is -2.02. The van der Waals surface area contributed by atoms with E-state index >= 15 is 0 Å². The normalized spacial score (nSPS) is 18.7. The minimum absolute atomic E-state index is 0. The van der Waals surface area contributed by atoms with Gasteiger partial charge in [0.25, 0.3) is 0 Å². The van der Waals surface area contributed by atoms with Crippen LogP contribution in [0.3, 0.4) is 0 Å². The van der Waals surface area contributed by atoms with Crippen LogP contribution in [0.5, 0.6) is 0 Å². The number of amides is 1.